The average molecular weight is 397 g/mol. The number of fused-ring (bicyclic) bond motifs is 1. The molecule has 0 bridgehead atoms. The van der Waals surface area contributed by atoms with Crippen molar-refractivity contribution in [3.05, 3.63) is 88.6 Å². The lowest BCUT2D eigenvalue weighted by molar-refractivity contribution is -0.137. The van der Waals surface area contributed by atoms with Gasteiger partial charge in [0, 0.05) is 11.3 Å². The Morgan fingerprint density at radius 1 is 0.857 bits per heavy atom. The summed E-state index contributed by atoms with van der Waals surface area (Å²) in [4.78, 5) is 12.4. The second-order valence-electron chi connectivity index (χ2n) is 6.32. The van der Waals surface area contributed by atoms with E-state index in [1.54, 1.807) is 17.4 Å². The summed E-state index contributed by atoms with van der Waals surface area (Å²) >= 11 is 1.61. The molecule has 0 fully saturated rings. The number of thiophene rings is 1. The molecular weight excluding hydrogens is 383 g/mol. The molecule has 0 aliphatic carbocycles. The Morgan fingerprint density at radius 3 is 2.43 bits per heavy atom. The molecule has 2 nitrogen and oxygen atoms in total. The zero-order valence-corrected chi connectivity index (χ0v) is 15.3. The van der Waals surface area contributed by atoms with Crippen LogP contribution in [0.4, 0.5) is 18.9 Å². The molecular formula is C22H14F3NOS. The van der Waals surface area contributed by atoms with Crippen LogP contribution in [0.5, 0.6) is 0 Å². The number of carbonyl (C=O) groups is 1. The highest BCUT2D eigenvalue weighted by Gasteiger charge is 2.30. The van der Waals surface area contributed by atoms with Crippen molar-refractivity contribution in [1.29, 1.82) is 0 Å². The lowest BCUT2D eigenvalue weighted by Gasteiger charge is -2.10. The summed E-state index contributed by atoms with van der Waals surface area (Å²) in [7, 11) is 0. The third kappa shape index (κ3) is 3.77. The Labute approximate surface area is 163 Å². The number of carbonyl (C=O) groups excluding carboxylic acids is 1. The molecule has 4 aromatic rings. The lowest BCUT2D eigenvalue weighted by atomic mass is 10.0. The van der Waals surface area contributed by atoms with Gasteiger partial charge in [-0.1, -0.05) is 24.3 Å². The second kappa shape index (κ2) is 7.13. The van der Waals surface area contributed by atoms with Gasteiger partial charge in [0.1, 0.15) is 0 Å². The quantitative estimate of drug-likeness (QED) is 0.403. The van der Waals surface area contributed by atoms with Gasteiger partial charge in [0.25, 0.3) is 5.91 Å². The van der Waals surface area contributed by atoms with Gasteiger partial charge >= 0.3 is 6.18 Å². The Morgan fingerprint density at radius 2 is 1.68 bits per heavy atom. The van der Waals surface area contributed by atoms with E-state index in [4.69, 9.17) is 0 Å². The van der Waals surface area contributed by atoms with E-state index in [0.717, 1.165) is 34.0 Å². The number of nitrogens with one attached hydrogen (secondary N) is 1. The van der Waals surface area contributed by atoms with E-state index in [1.807, 2.05) is 41.8 Å². The Balaban J connectivity index is 1.62. The molecule has 140 valence electrons. The number of anilines is 1. The predicted octanol–water partition coefficient (Wildman–Crippen LogP) is 6.84. The number of amides is 1. The van der Waals surface area contributed by atoms with E-state index in [9.17, 15) is 18.0 Å². The zero-order valence-electron chi connectivity index (χ0n) is 14.5. The highest BCUT2D eigenvalue weighted by molar-refractivity contribution is 7.08. The number of hydrogen-bond donors (Lipinski definition) is 1. The van der Waals surface area contributed by atoms with Crippen molar-refractivity contribution in [1.82, 2.24) is 0 Å². The monoisotopic (exact) mass is 397 g/mol. The summed E-state index contributed by atoms with van der Waals surface area (Å²) in [5, 5.41) is 8.69. The molecule has 1 aromatic heterocycles. The summed E-state index contributed by atoms with van der Waals surface area (Å²) < 4.78 is 38.6. The minimum atomic E-state index is -4.49. The van der Waals surface area contributed by atoms with E-state index in [2.05, 4.69) is 10.7 Å². The number of hydrogen-bond acceptors (Lipinski definition) is 2. The molecule has 0 atom stereocenters. The number of halogens is 3. The molecule has 28 heavy (non-hydrogen) atoms. The molecule has 1 N–H and O–H groups in total. The standard InChI is InChI=1S/C22H14F3NOS/c23-22(24,25)19-3-1-2-16(11-19)21(27)26-20-7-6-14-4-5-15(10-18(14)12-20)17-8-9-28-13-17/h1-13H,(H,26,27). The molecule has 0 radical (unpaired) electrons. The minimum Gasteiger partial charge on any atom is -0.322 e. The van der Waals surface area contributed by atoms with Crippen LogP contribution in [0.25, 0.3) is 21.9 Å². The van der Waals surface area contributed by atoms with Gasteiger partial charge in [0.2, 0.25) is 0 Å². The van der Waals surface area contributed by atoms with Crippen LogP contribution in [0.3, 0.4) is 0 Å². The molecule has 0 aliphatic rings. The third-order valence-electron chi connectivity index (χ3n) is 4.40. The molecule has 4 rings (SSSR count). The molecule has 0 saturated carbocycles. The highest BCUT2D eigenvalue weighted by Crippen LogP contribution is 2.30. The molecule has 1 heterocycles. The van der Waals surface area contributed by atoms with Crippen molar-refractivity contribution >= 4 is 33.7 Å². The van der Waals surface area contributed by atoms with Crippen LogP contribution >= 0.6 is 11.3 Å². The van der Waals surface area contributed by atoms with Crippen molar-refractivity contribution in [3.63, 3.8) is 0 Å². The Kier molecular flexibility index (Phi) is 4.65. The Hall–Kier alpha value is -3.12. The van der Waals surface area contributed by atoms with E-state index in [0.29, 0.717) is 5.69 Å². The first-order valence-electron chi connectivity index (χ1n) is 8.45. The normalized spacial score (nSPS) is 11.5. The van der Waals surface area contributed by atoms with Crippen LogP contribution in [-0.2, 0) is 6.18 Å². The SMILES string of the molecule is O=C(Nc1ccc2ccc(-c3ccsc3)cc2c1)c1cccc(C(F)(F)F)c1. The van der Waals surface area contributed by atoms with Crippen LogP contribution in [0.15, 0.2) is 77.5 Å². The molecule has 6 heteroatoms. The zero-order chi connectivity index (χ0) is 19.7. The van der Waals surface area contributed by atoms with Gasteiger partial charge in [-0.15, -0.1) is 0 Å². The van der Waals surface area contributed by atoms with E-state index in [1.165, 1.54) is 12.1 Å². The van der Waals surface area contributed by atoms with E-state index >= 15 is 0 Å². The minimum absolute atomic E-state index is 0.0399. The van der Waals surface area contributed by atoms with Crippen molar-refractivity contribution in [2.24, 2.45) is 0 Å². The predicted molar refractivity (Wildman–Crippen MR) is 107 cm³/mol. The van der Waals surface area contributed by atoms with Crippen LogP contribution in [0.2, 0.25) is 0 Å². The van der Waals surface area contributed by atoms with Crippen LogP contribution in [0.1, 0.15) is 15.9 Å². The summed E-state index contributed by atoms with van der Waals surface area (Å²) in [5.41, 5.74) is 1.82. The van der Waals surface area contributed by atoms with Crippen LogP contribution in [-0.4, -0.2) is 5.91 Å². The van der Waals surface area contributed by atoms with Crippen LogP contribution < -0.4 is 5.32 Å². The maximum Gasteiger partial charge on any atom is 0.416 e. The summed E-state index contributed by atoms with van der Waals surface area (Å²) in [5.74, 6) is -0.584. The maximum atomic E-state index is 12.9. The topological polar surface area (TPSA) is 29.1 Å². The van der Waals surface area contributed by atoms with Crippen molar-refractivity contribution in [2.75, 3.05) is 5.32 Å². The second-order valence-corrected chi connectivity index (χ2v) is 7.10. The van der Waals surface area contributed by atoms with Gasteiger partial charge in [-0.3, -0.25) is 4.79 Å². The maximum absolute atomic E-state index is 12.9. The number of alkyl halides is 3. The third-order valence-corrected chi connectivity index (χ3v) is 5.09. The van der Waals surface area contributed by atoms with Gasteiger partial charge in [-0.05, 0) is 75.1 Å². The molecule has 0 saturated heterocycles. The largest absolute Gasteiger partial charge is 0.416 e. The van der Waals surface area contributed by atoms with Crippen LogP contribution in [0, 0.1) is 0 Å². The van der Waals surface area contributed by atoms with Gasteiger partial charge in [0.05, 0.1) is 5.56 Å². The first-order chi connectivity index (χ1) is 13.4. The number of benzene rings is 3. The molecule has 3 aromatic carbocycles. The van der Waals surface area contributed by atoms with E-state index in [-0.39, 0.29) is 5.56 Å². The fourth-order valence-electron chi connectivity index (χ4n) is 2.97. The average Bonchev–Trinajstić information content (AvgIpc) is 3.22. The summed E-state index contributed by atoms with van der Waals surface area (Å²) in [6.07, 6.45) is -4.49. The van der Waals surface area contributed by atoms with Gasteiger partial charge in [-0.25, -0.2) is 0 Å². The first-order valence-corrected chi connectivity index (χ1v) is 9.39. The van der Waals surface area contributed by atoms with Crippen molar-refractivity contribution in [2.45, 2.75) is 6.18 Å². The lowest BCUT2D eigenvalue weighted by Crippen LogP contribution is -2.13. The summed E-state index contributed by atoms with van der Waals surface area (Å²) in [6.45, 7) is 0. The van der Waals surface area contributed by atoms with Crippen molar-refractivity contribution in [3.8, 4) is 11.1 Å². The van der Waals surface area contributed by atoms with E-state index < -0.39 is 17.6 Å². The van der Waals surface area contributed by atoms with Crippen molar-refractivity contribution < 1.29 is 18.0 Å². The van der Waals surface area contributed by atoms with Gasteiger partial charge in [-0.2, -0.15) is 24.5 Å². The Bertz CT molecular complexity index is 1150. The summed E-state index contributed by atoms with van der Waals surface area (Å²) in [6, 6.07) is 17.9. The molecule has 0 spiro atoms. The highest BCUT2D eigenvalue weighted by atomic mass is 32.1. The smallest absolute Gasteiger partial charge is 0.322 e. The first kappa shape index (κ1) is 18.3. The van der Waals surface area contributed by atoms with Gasteiger partial charge in [0.15, 0.2) is 0 Å². The fraction of sp³-hybridized carbons (Fsp3) is 0.0455. The molecule has 0 unspecified atom stereocenters. The fourth-order valence-corrected chi connectivity index (χ4v) is 3.64. The number of rotatable bonds is 3. The van der Waals surface area contributed by atoms with Gasteiger partial charge < -0.3 is 5.32 Å². The molecule has 0 aliphatic heterocycles. The molecule has 1 amide bonds.